The molecule has 0 aromatic heterocycles. The van der Waals surface area contributed by atoms with Gasteiger partial charge in [0.1, 0.15) is 0 Å². The van der Waals surface area contributed by atoms with Crippen LogP contribution in [0.3, 0.4) is 0 Å². The molecule has 96 valence electrons. The van der Waals surface area contributed by atoms with Crippen molar-refractivity contribution in [2.75, 3.05) is 5.73 Å². The lowest BCUT2D eigenvalue weighted by Gasteiger charge is -2.30. The van der Waals surface area contributed by atoms with Crippen molar-refractivity contribution < 1.29 is 0 Å². The molecule has 0 heterocycles. The van der Waals surface area contributed by atoms with Gasteiger partial charge in [-0.05, 0) is 45.4 Å². The molecule has 0 radical (unpaired) electrons. The first-order chi connectivity index (χ1) is 7.82. The second-order valence-corrected chi connectivity index (χ2v) is 5.65. The molecular weight excluding hydrogens is 255 g/mol. The minimum atomic E-state index is 0.456. The molecule has 1 rings (SSSR count). The van der Waals surface area contributed by atoms with Gasteiger partial charge in [0.25, 0.3) is 0 Å². The molecule has 0 unspecified atom stereocenters. The summed E-state index contributed by atoms with van der Waals surface area (Å²) in [4.78, 5) is 2.37. The second kappa shape index (κ2) is 5.94. The van der Waals surface area contributed by atoms with Crippen molar-refractivity contribution in [2.24, 2.45) is 0 Å². The van der Waals surface area contributed by atoms with Crippen LogP contribution in [-0.4, -0.2) is 17.0 Å². The summed E-state index contributed by atoms with van der Waals surface area (Å²) in [5.74, 6) is 0. The van der Waals surface area contributed by atoms with Crippen LogP contribution in [-0.2, 0) is 6.54 Å². The van der Waals surface area contributed by atoms with Crippen molar-refractivity contribution in [3.8, 4) is 0 Å². The molecule has 0 spiro atoms. The Morgan fingerprint density at radius 3 is 1.82 bits per heavy atom. The fourth-order valence-electron chi connectivity index (χ4n) is 1.90. The van der Waals surface area contributed by atoms with Crippen molar-refractivity contribution in [2.45, 2.75) is 46.3 Å². The third kappa shape index (κ3) is 3.77. The van der Waals surface area contributed by atoms with E-state index < -0.39 is 0 Å². The molecule has 0 aliphatic heterocycles. The van der Waals surface area contributed by atoms with Crippen LogP contribution >= 0.6 is 23.2 Å². The first kappa shape index (κ1) is 14.6. The van der Waals surface area contributed by atoms with Crippen LogP contribution in [0.15, 0.2) is 12.1 Å². The van der Waals surface area contributed by atoms with Gasteiger partial charge in [0.2, 0.25) is 0 Å². The summed E-state index contributed by atoms with van der Waals surface area (Å²) in [5.41, 5.74) is 7.27. The SMILES string of the molecule is CC(C)N(Cc1cc(Cl)c(N)c(Cl)c1)C(C)C. The Bertz CT molecular complexity index is 358. The van der Waals surface area contributed by atoms with Gasteiger partial charge in [-0.3, -0.25) is 4.90 Å². The van der Waals surface area contributed by atoms with Crippen molar-refractivity contribution in [1.82, 2.24) is 4.90 Å². The van der Waals surface area contributed by atoms with Crippen LogP contribution in [0.2, 0.25) is 10.0 Å². The predicted molar refractivity (Wildman–Crippen MR) is 76.7 cm³/mol. The minimum Gasteiger partial charge on any atom is -0.396 e. The highest BCUT2D eigenvalue weighted by Gasteiger charge is 2.15. The van der Waals surface area contributed by atoms with Gasteiger partial charge in [0.15, 0.2) is 0 Å². The number of nitrogens with zero attached hydrogens (tertiary/aromatic N) is 1. The number of nitrogens with two attached hydrogens (primary N) is 1. The van der Waals surface area contributed by atoms with E-state index in [4.69, 9.17) is 28.9 Å². The molecule has 1 aromatic carbocycles. The summed E-state index contributed by atoms with van der Waals surface area (Å²) in [6, 6.07) is 4.73. The van der Waals surface area contributed by atoms with E-state index in [1.807, 2.05) is 12.1 Å². The molecule has 0 aliphatic rings. The summed E-state index contributed by atoms with van der Waals surface area (Å²) in [7, 11) is 0. The smallest absolute Gasteiger partial charge is 0.0693 e. The van der Waals surface area contributed by atoms with Gasteiger partial charge in [-0.1, -0.05) is 23.2 Å². The molecule has 0 amide bonds. The molecule has 17 heavy (non-hydrogen) atoms. The fraction of sp³-hybridized carbons (Fsp3) is 0.538. The van der Waals surface area contributed by atoms with Crippen LogP contribution in [0.1, 0.15) is 33.3 Å². The summed E-state index contributed by atoms with van der Waals surface area (Å²) in [6.45, 7) is 9.55. The quantitative estimate of drug-likeness (QED) is 0.835. The van der Waals surface area contributed by atoms with Crippen LogP contribution in [0, 0.1) is 0 Å². The topological polar surface area (TPSA) is 29.3 Å². The van der Waals surface area contributed by atoms with Gasteiger partial charge in [0, 0.05) is 18.6 Å². The number of rotatable bonds is 4. The standard InChI is InChI=1S/C13H20Cl2N2/c1-8(2)17(9(3)4)7-10-5-11(14)13(16)12(15)6-10/h5-6,8-9H,7,16H2,1-4H3. The molecule has 0 atom stereocenters. The zero-order valence-electron chi connectivity index (χ0n) is 10.8. The van der Waals surface area contributed by atoms with Crippen molar-refractivity contribution in [3.05, 3.63) is 27.7 Å². The van der Waals surface area contributed by atoms with Crippen LogP contribution < -0.4 is 5.73 Å². The van der Waals surface area contributed by atoms with Crippen molar-refractivity contribution >= 4 is 28.9 Å². The largest absolute Gasteiger partial charge is 0.396 e. The first-order valence-electron chi connectivity index (χ1n) is 5.82. The Morgan fingerprint density at radius 1 is 1.06 bits per heavy atom. The summed E-state index contributed by atoms with van der Waals surface area (Å²) in [6.07, 6.45) is 0. The Labute approximate surface area is 114 Å². The average molecular weight is 275 g/mol. The summed E-state index contributed by atoms with van der Waals surface area (Å²) >= 11 is 12.1. The number of anilines is 1. The molecule has 0 aliphatic carbocycles. The Kier molecular flexibility index (Phi) is 5.11. The number of benzene rings is 1. The molecule has 2 N–H and O–H groups in total. The molecule has 2 nitrogen and oxygen atoms in total. The molecular formula is C13H20Cl2N2. The predicted octanol–water partition coefficient (Wildman–Crippen LogP) is 4.19. The highest BCUT2D eigenvalue weighted by Crippen LogP contribution is 2.29. The lowest BCUT2D eigenvalue weighted by Crippen LogP contribution is -2.36. The lowest BCUT2D eigenvalue weighted by atomic mass is 10.1. The molecule has 0 bridgehead atoms. The number of halogens is 2. The summed E-state index contributed by atoms with van der Waals surface area (Å²) < 4.78 is 0. The van der Waals surface area contributed by atoms with Crippen molar-refractivity contribution in [1.29, 1.82) is 0 Å². The fourth-order valence-corrected chi connectivity index (χ4v) is 2.43. The van der Waals surface area contributed by atoms with Gasteiger partial charge in [-0.25, -0.2) is 0 Å². The molecule has 1 aromatic rings. The van der Waals surface area contributed by atoms with Gasteiger partial charge >= 0.3 is 0 Å². The lowest BCUT2D eigenvalue weighted by molar-refractivity contribution is 0.166. The van der Waals surface area contributed by atoms with Crippen LogP contribution in [0.5, 0.6) is 0 Å². The Hall–Kier alpha value is -0.440. The van der Waals surface area contributed by atoms with Crippen LogP contribution in [0.25, 0.3) is 0 Å². The minimum absolute atomic E-state index is 0.456. The molecule has 4 heteroatoms. The van der Waals surface area contributed by atoms with Gasteiger partial charge in [-0.2, -0.15) is 0 Å². The Morgan fingerprint density at radius 2 is 1.47 bits per heavy atom. The molecule has 0 saturated carbocycles. The zero-order chi connectivity index (χ0) is 13.2. The average Bonchev–Trinajstić information content (AvgIpc) is 2.21. The zero-order valence-corrected chi connectivity index (χ0v) is 12.3. The van der Waals surface area contributed by atoms with E-state index in [1.54, 1.807) is 0 Å². The van der Waals surface area contributed by atoms with Crippen molar-refractivity contribution in [3.63, 3.8) is 0 Å². The van der Waals surface area contributed by atoms with Gasteiger partial charge in [0.05, 0.1) is 15.7 Å². The highest BCUT2D eigenvalue weighted by atomic mass is 35.5. The maximum Gasteiger partial charge on any atom is 0.0693 e. The number of nitrogen functional groups attached to an aromatic ring is 1. The molecule has 0 saturated heterocycles. The van der Waals surface area contributed by atoms with E-state index in [1.165, 1.54) is 0 Å². The van der Waals surface area contributed by atoms with E-state index in [9.17, 15) is 0 Å². The Balaban J connectivity index is 2.94. The maximum atomic E-state index is 6.03. The number of hydrogen-bond acceptors (Lipinski definition) is 2. The van der Waals surface area contributed by atoms with Gasteiger partial charge < -0.3 is 5.73 Å². The highest BCUT2D eigenvalue weighted by molar-refractivity contribution is 6.38. The molecule has 0 fully saturated rings. The second-order valence-electron chi connectivity index (χ2n) is 4.83. The van der Waals surface area contributed by atoms with E-state index >= 15 is 0 Å². The van der Waals surface area contributed by atoms with E-state index in [0.29, 0.717) is 27.8 Å². The van der Waals surface area contributed by atoms with Gasteiger partial charge in [-0.15, -0.1) is 0 Å². The first-order valence-corrected chi connectivity index (χ1v) is 6.57. The maximum absolute atomic E-state index is 6.03. The third-order valence-corrected chi connectivity index (χ3v) is 3.46. The van der Waals surface area contributed by atoms with E-state index in [0.717, 1.165) is 12.1 Å². The monoisotopic (exact) mass is 274 g/mol. The normalized spacial score (nSPS) is 11.8. The van der Waals surface area contributed by atoms with E-state index in [-0.39, 0.29) is 0 Å². The van der Waals surface area contributed by atoms with Crippen LogP contribution in [0.4, 0.5) is 5.69 Å². The summed E-state index contributed by atoms with van der Waals surface area (Å²) in [5, 5.41) is 1.06. The third-order valence-electron chi connectivity index (χ3n) is 2.83. The van der Waals surface area contributed by atoms with E-state index in [2.05, 4.69) is 32.6 Å². The number of hydrogen-bond donors (Lipinski definition) is 1.